The van der Waals surface area contributed by atoms with Crippen LogP contribution in [0.5, 0.6) is 0 Å². The number of amides is 1. The Morgan fingerprint density at radius 1 is 1.48 bits per heavy atom. The minimum atomic E-state index is -3.75. The Morgan fingerprint density at radius 3 is 2.76 bits per heavy atom. The summed E-state index contributed by atoms with van der Waals surface area (Å²) in [5, 5.41) is 11.2. The molecule has 4 N–H and O–H groups in total. The maximum absolute atomic E-state index is 12.2. The van der Waals surface area contributed by atoms with Crippen LogP contribution in [0.1, 0.15) is 19.8 Å². The van der Waals surface area contributed by atoms with Gasteiger partial charge in [-0.2, -0.15) is 0 Å². The van der Waals surface area contributed by atoms with Crippen molar-refractivity contribution in [1.29, 1.82) is 0 Å². The SMILES string of the molecule is CC1CC(C(=O)Nc2ccc(S(N)(=O)=O)cc2Br)CCN1. The predicted octanol–water partition coefficient (Wildman–Crippen LogP) is 1.42. The number of nitrogens with one attached hydrogen (secondary N) is 2. The molecular weight excluding hydrogens is 358 g/mol. The lowest BCUT2D eigenvalue weighted by molar-refractivity contribution is -0.120. The van der Waals surface area contributed by atoms with E-state index in [-0.39, 0.29) is 16.7 Å². The normalized spacial score (nSPS) is 22.8. The van der Waals surface area contributed by atoms with Crippen LogP contribution in [0.15, 0.2) is 27.6 Å². The third kappa shape index (κ3) is 4.26. The second-order valence-corrected chi connectivity index (χ2v) is 7.67. The van der Waals surface area contributed by atoms with Crippen molar-refractivity contribution in [3.8, 4) is 0 Å². The molecule has 0 radical (unpaired) electrons. The van der Waals surface area contributed by atoms with Crippen molar-refractivity contribution in [1.82, 2.24) is 5.32 Å². The molecule has 1 aromatic rings. The third-order valence-electron chi connectivity index (χ3n) is 3.52. The number of sulfonamides is 1. The fourth-order valence-electron chi connectivity index (χ4n) is 2.38. The molecule has 1 aromatic carbocycles. The lowest BCUT2D eigenvalue weighted by Crippen LogP contribution is -2.40. The highest BCUT2D eigenvalue weighted by molar-refractivity contribution is 9.10. The molecule has 116 valence electrons. The van der Waals surface area contributed by atoms with Gasteiger partial charge in [-0.25, -0.2) is 13.6 Å². The fourth-order valence-corrected chi connectivity index (χ4v) is 3.55. The summed E-state index contributed by atoms with van der Waals surface area (Å²) in [6, 6.07) is 4.62. The van der Waals surface area contributed by atoms with Crippen molar-refractivity contribution in [3.63, 3.8) is 0 Å². The maximum atomic E-state index is 12.2. The van der Waals surface area contributed by atoms with Crippen LogP contribution in [0.4, 0.5) is 5.69 Å². The Labute approximate surface area is 132 Å². The molecule has 2 rings (SSSR count). The van der Waals surface area contributed by atoms with Crippen molar-refractivity contribution in [3.05, 3.63) is 22.7 Å². The Kier molecular flexibility index (Phi) is 5.03. The van der Waals surface area contributed by atoms with E-state index in [1.807, 2.05) is 0 Å². The average Bonchev–Trinajstić information content (AvgIpc) is 2.39. The number of carbonyl (C=O) groups excluding carboxylic acids is 1. The largest absolute Gasteiger partial charge is 0.325 e. The Morgan fingerprint density at radius 2 is 2.19 bits per heavy atom. The number of carbonyl (C=O) groups is 1. The van der Waals surface area contributed by atoms with Gasteiger partial charge in [0.1, 0.15) is 0 Å². The summed E-state index contributed by atoms with van der Waals surface area (Å²) in [6.45, 7) is 2.88. The summed E-state index contributed by atoms with van der Waals surface area (Å²) in [6.07, 6.45) is 1.59. The smallest absolute Gasteiger partial charge is 0.238 e. The van der Waals surface area contributed by atoms with E-state index < -0.39 is 10.0 Å². The van der Waals surface area contributed by atoms with E-state index >= 15 is 0 Å². The highest BCUT2D eigenvalue weighted by atomic mass is 79.9. The van der Waals surface area contributed by atoms with Crippen LogP contribution < -0.4 is 15.8 Å². The zero-order valence-corrected chi connectivity index (χ0v) is 14.0. The standard InChI is InChI=1S/C13H18BrN3O3S/c1-8-6-9(4-5-16-8)13(18)17-12-3-2-10(7-11(12)14)21(15,19)20/h2-3,7-9,16H,4-6H2,1H3,(H,17,18)(H2,15,19,20). The number of rotatable bonds is 3. The molecule has 6 nitrogen and oxygen atoms in total. The van der Waals surface area contributed by atoms with Gasteiger partial charge in [-0.1, -0.05) is 0 Å². The van der Waals surface area contributed by atoms with Gasteiger partial charge in [0.05, 0.1) is 10.6 Å². The highest BCUT2D eigenvalue weighted by Crippen LogP contribution is 2.27. The number of hydrogen-bond acceptors (Lipinski definition) is 4. The summed E-state index contributed by atoms with van der Waals surface area (Å²) < 4.78 is 23.0. The first-order valence-corrected chi connectivity index (χ1v) is 8.98. The molecule has 0 saturated carbocycles. The van der Waals surface area contributed by atoms with Gasteiger partial charge in [0, 0.05) is 16.4 Å². The molecule has 8 heteroatoms. The first-order valence-electron chi connectivity index (χ1n) is 6.64. The lowest BCUT2D eigenvalue weighted by Gasteiger charge is -2.27. The molecule has 1 heterocycles. The molecule has 0 spiro atoms. The van der Waals surface area contributed by atoms with Crippen LogP contribution in [0, 0.1) is 5.92 Å². The van der Waals surface area contributed by atoms with E-state index in [9.17, 15) is 13.2 Å². The number of nitrogens with two attached hydrogens (primary N) is 1. The van der Waals surface area contributed by atoms with Gasteiger partial charge < -0.3 is 10.6 Å². The summed E-state index contributed by atoms with van der Waals surface area (Å²) in [7, 11) is -3.75. The Balaban J connectivity index is 2.11. The minimum absolute atomic E-state index is 0.00265. The van der Waals surface area contributed by atoms with E-state index in [2.05, 4.69) is 33.5 Å². The quantitative estimate of drug-likeness (QED) is 0.743. The second-order valence-electron chi connectivity index (χ2n) is 5.25. The number of piperidine rings is 1. The molecule has 1 aliphatic rings. The minimum Gasteiger partial charge on any atom is -0.325 e. The van der Waals surface area contributed by atoms with E-state index in [1.54, 1.807) is 0 Å². The number of primary sulfonamides is 1. The molecule has 2 atom stereocenters. The number of halogens is 1. The van der Waals surface area contributed by atoms with E-state index in [1.165, 1.54) is 18.2 Å². The van der Waals surface area contributed by atoms with Crippen LogP contribution in [0.3, 0.4) is 0 Å². The van der Waals surface area contributed by atoms with Crippen molar-refractivity contribution < 1.29 is 13.2 Å². The average molecular weight is 376 g/mol. The van der Waals surface area contributed by atoms with Gasteiger partial charge in [0.15, 0.2) is 0 Å². The van der Waals surface area contributed by atoms with Gasteiger partial charge in [-0.05, 0) is 60.4 Å². The predicted molar refractivity (Wildman–Crippen MR) is 84.3 cm³/mol. The summed E-state index contributed by atoms with van der Waals surface area (Å²) in [5.74, 6) is -0.0847. The first kappa shape index (κ1) is 16.4. The third-order valence-corrected chi connectivity index (χ3v) is 5.09. The topological polar surface area (TPSA) is 101 Å². The Bertz CT molecular complexity index is 648. The number of anilines is 1. The summed E-state index contributed by atoms with van der Waals surface area (Å²) in [5.41, 5.74) is 0.540. The van der Waals surface area contributed by atoms with Crippen molar-refractivity contribution in [2.45, 2.75) is 30.7 Å². The lowest BCUT2D eigenvalue weighted by atomic mass is 9.92. The molecule has 2 unspecified atom stereocenters. The molecule has 1 aliphatic heterocycles. The van der Waals surface area contributed by atoms with Gasteiger partial charge in [-0.15, -0.1) is 0 Å². The van der Waals surface area contributed by atoms with Crippen LogP contribution in [-0.2, 0) is 14.8 Å². The zero-order valence-electron chi connectivity index (χ0n) is 11.6. The van der Waals surface area contributed by atoms with Gasteiger partial charge >= 0.3 is 0 Å². The van der Waals surface area contributed by atoms with Crippen molar-refractivity contribution in [2.75, 3.05) is 11.9 Å². The molecule has 1 fully saturated rings. The molecule has 1 saturated heterocycles. The van der Waals surface area contributed by atoms with Crippen LogP contribution >= 0.6 is 15.9 Å². The Hall–Kier alpha value is -0.960. The maximum Gasteiger partial charge on any atom is 0.238 e. The number of hydrogen-bond donors (Lipinski definition) is 3. The second kappa shape index (κ2) is 6.43. The fraction of sp³-hybridized carbons (Fsp3) is 0.462. The van der Waals surface area contributed by atoms with Crippen molar-refractivity contribution in [2.24, 2.45) is 11.1 Å². The van der Waals surface area contributed by atoms with Crippen LogP contribution in [0.2, 0.25) is 0 Å². The monoisotopic (exact) mass is 375 g/mol. The summed E-state index contributed by atoms with van der Waals surface area (Å²) in [4.78, 5) is 12.2. The molecular formula is C13H18BrN3O3S. The molecule has 1 amide bonds. The molecule has 0 aromatic heterocycles. The first-order chi connectivity index (χ1) is 9.77. The zero-order chi connectivity index (χ0) is 15.6. The van der Waals surface area contributed by atoms with Gasteiger partial charge in [-0.3, -0.25) is 4.79 Å². The number of benzene rings is 1. The summed E-state index contributed by atoms with van der Waals surface area (Å²) >= 11 is 3.26. The molecule has 21 heavy (non-hydrogen) atoms. The van der Waals surface area contributed by atoms with E-state index in [4.69, 9.17) is 5.14 Å². The van der Waals surface area contributed by atoms with Crippen LogP contribution in [-0.4, -0.2) is 26.9 Å². The molecule has 0 aliphatic carbocycles. The van der Waals surface area contributed by atoms with Gasteiger partial charge in [0.25, 0.3) is 0 Å². The van der Waals surface area contributed by atoms with E-state index in [0.717, 1.165) is 19.4 Å². The van der Waals surface area contributed by atoms with Crippen LogP contribution in [0.25, 0.3) is 0 Å². The highest BCUT2D eigenvalue weighted by Gasteiger charge is 2.25. The van der Waals surface area contributed by atoms with Crippen molar-refractivity contribution >= 4 is 37.5 Å². The van der Waals surface area contributed by atoms with Gasteiger partial charge in [0.2, 0.25) is 15.9 Å². The van der Waals surface area contributed by atoms with E-state index in [0.29, 0.717) is 16.2 Å². The molecule has 0 bridgehead atoms.